The first kappa shape index (κ1) is 12.9. The number of hydrogen-bond donors (Lipinski definition) is 0. The van der Waals surface area contributed by atoms with Gasteiger partial charge < -0.3 is 9.32 Å². The van der Waals surface area contributed by atoms with E-state index in [1.54, 1.807) is 18.0 Å². The summed E-state index contributed by atoms with van der Waals surface area (Å²) in [7, 11) is 1.68. The monoisotopic (exact) mass is 276 g/mol. The zero-order valence-electron chi connectivity index (χ0n) is 9.78. The Balaban J connectivity index is 2.09. The van der Waals surface area contributed by atoms with Gasteiger partial charge in [-0.1, -0.05) is 11.3 Å². The maximum Gasteiger partial charge on any atom is 0.427 e. The van der Waals surface area contributed by atoms with Crippen molar-refractivity contribution in [2.75, 3.05) is 11.9 Å². The molecule has 0 aliphatic rings. The van der Waals surface area contributed by atoms with Crippen LogP contribution in [0.1, 0.15) is 16.4 Å². The molecule has 0 atom stereocenters. The molecule has 0 unspecified atom stereocenters. The normalized spacial score (nSPS) is 11.8. The van der Waals surface area contributed by atoms with Gasteiger partial charge in [-0.25, -0.2) is 4.98 Å². The first-order valence-corrected chi connectivity index (χ1v) is 5.97. The molecule has 0 spiro atoms. The molecule has 98 valence electrons. The van der Waals surface area contributed by atoms with Crippen LogP contribution in [0.4, 0.5) is 18.3 Å². The highest BCUT2D eigenvalue weighted by Crippen LogP contribution is 2.36. The summed E-state index contributed by atoms with van der Waals surface area (Å²) in [5, 5.41) is 0.316. The largest absolute Gasteiger partial charge is 0.464 e. The highest BCUT2D eigenvalue weighted by Gasteiger charge is 2.33. The van der Waals surface area contributed by atoms with Crippen molar-refractivity contribution in [2.45, 2.75) is 19.6 Å². The van der Waals surface area contributed by atoms with Crippen LogP contribution in [0.5, 0.6) is 0 Å². The summed E-state index contributed by atoms with van der Waals surface area (Å²) in [6.07, 6.45) is -3.48. The van der Waals surface area contributed by atoms with Crippen molar-refractivity contribution < 1.29 is 17.6 Å². The Bertz CT molecular complexity index is 532. The predicted octanol–water partition coefficient (Wildman–Crippen LogP) is 3.70. The molecule has 0 aliphatic carbocycles. The Morgan fingerprint density at radius 3 is 2.61 bits per heavy atom. The zero-order valence-corrected chi connectivity index (χ0v) is 10.6. The minimum absolute atomic E-state index is 0.316. The van der Waals surface area contributed by atoms with Gasteiger partial charge in [-0.2, -0.15) is 13.2 Å². The smallest absolute Gasteiger partial charge is 0.427 e. The van der Waals surface area contributed by atoms with E-state index in [-0.39, 0.29) is 0 Å². The quantitative estimate of drug-likeness (QED) is 0.856. The van der Waals surface area contributed by atoms with Gasteiger partial charge >= 0.3 is 6.18 Å². The lowest BCUT2D eigenvalue weighted by atomic mass is 10.4. The lowest BCUT2D eigenvalue weighted by molar-refractivity contribution is -0.134. The minimum atomic E-state index is -4.34. The fourth-order valence-corrected chi connectivity index (χ4v) is 2.19. The van der Waals surface area contributed by atoms with Crippen LogP contribution in [0.25, 0.3) is 0 Å². The van der Waals surface area contributed by atoms with Crippen LogP contribution < -0.4 is 4.90 Å². The lowest BCUT2D eigenvalue weighted by Crippen LogP contribution is -2.15. The predicted molar refractivity (Wildman–Crippen MR) is 62.7 cm³/mol. The molecule has 0 aromatic carbocycles. The summed E-state index contributed by atoms with van der Waals surface area (Å²) >= 11 is 0.622. The van der Waals surface area contributed by atoms with E-state index in [9.17, 15) is 13.2 Å². The number of hydrogen-bond acceptors (Lipinski definition) is 4. The van der Waals surface area contributed by atoms with Crippen LogP contribution in [0.3, 0.4) is 0 Å². The summed E-state index contributed by atoms with van der Waals surface area (Å²) in [6, 6.07) is 3.61. The van der Waals surface area contributed by atoms with Gasteiger partial charge in [0.2, 0.25) is 0 Å². The highest BCUT2D eigenvalue weighted by molar-refractivity contribution is 7.15. The molecule has 0 saturated heterocycles. The molecule has 2 aromatic rings. The van der Waals surface area contributed by atoms with Crippen molar-refractivity contribution in [1.29, 1.82) is 0 Å². The van der Waals surface area contributed by atoms with Crippen molar-refractivity contribution in [3.05, 3.63) is 34.7 Å². The van der Waals surface area contributed by atoms with E-state index in [1.165, 1.54) is 0 Å². The summed E-state index contributed by atoms with van der Waals surface area (Å²) in [4.78, 5) is 4.70. The SMILES string of the molecule is Cc1ccc(CN(C)c2ncc(C(F)(F)F)s2)o1. The second-order valence-electron chi connectivity index (χ2n) is 3.87. The molecule has 3 nitrogen and oxygen atoms in total. The van der Waals surface area contributed by atoms with E-state index in [0.717, 1.165) is 12.0 Å². The number of alkyl halides is 3. The molecule has 0 aliphatic heterocycles. The van der Waals surface area contributed by atoms with E-state index < -0.39 is 11.1 Å². The third-order valence-corrected chi connectivity index (χ3v) is 3.44. The van der Waals surface area contributed by atoms with E-state index in [1.807, 2.05) is 13.0 Å². The Labute approximate surface area is 106 Å². The number of rotatable bonds is 3. The first-order valence-electron chi connectivity index (χ1n) is 5.16. The molecule has 0 radical (unpaired) electrons. The van der Waals surface area contributed by atoms with E-state index in [0.29, 0.717) is 28.8 Å². The van der Waals surface area contributed by atoms with Gasteiger partial charge in [0.15, 0.2) is 5.13 Å². The molecule has 0 saturated carbocycles. The Morgan fingerprint density at radius 1 is 1.39 bits per heavy atom. The average molecular weight is 276 g/mol. The van der Waals surface area contributed by atoms with Gasteiger partial charge in [-0.15, -0.1) is 0 Å². The van der Waals surface area contributed by atoms with Crippen LogP contribution in [0.2, 0.25) is 0 Å². The van der Waals surface area contributed by atoms with Gasteiger partial charge in [0.25, 0.3) is 0 Å². The molecule has 0 N–H and O–H groups in total. The number of anilines is 1. The molecule has 2 heterocycles. The maximum absolute atomic E-state index is 12.4. The van der Waals surface area contributed by atoms with Gasteiger partial charge in [-0.05, 0) is 19.1 Å². The summed E-state index contributed by atoms with van der Waals surface area (Å²) in [6.45, 7) is 2.20. The standard InChI is InChI=1S/C11H11F3N2OS/c1-7-3-4-8(17-7)6-16(2)10-15-5-9(18-10)11(12,13)14/h3-5H,6H2,1-2H3. The molecule has 2 aromatic heterocycles. The van der Waals surface area contributed by atoms with Gasteiger partial charge in [0.1, 0.15) is 16.4 Å². The first-order chi connectivity index (χ1) is 8.36. The van der Waals surface area contributed by atoms with Crippen LogP contribution >= 0.6 is 11.3 Å². The second-order valence-corrected chi connectivity index (χ2v) is 4.88. The van der Waals surface area contributed by atoms with E-state index >= 15 is 0 Å². The Hall–Kier alpha value is -1.50. The van der Waals surface area contributed by atoms with Crippen LogP contribution in [-0.4, -0.2) is 12.0 Å². The van der Waals surface area contributed by atoms with Crippen molar-refractivity contribution in [3.63, 3.8) is 0 Å². The fourth-order valence-electron chi connectivity index (χ4n) is 1.44. The number of aryl methyl sites for hydroxylation is 1. The molecule has 7 heteroatoms. The molecule has 0 amide bonds. The van der Waals surface area contributed by atoms with Crippen molar-refractivity contribution in [3.8, 4) is 0 Å². The maximum atomic E-state index is 12.4. The second kappa shape index (κ2) is 4.64. The van der Waals surface area contributed by atoms with E-state index in [2.05, 4.69) is 4.98 Å². The van der Waals surface area contributed by atoms with Crippen LogP contribution in [-0.2, 0) is 12.7 Å². The van der Waals surface area contributed by atoms with Gasteiger partial charge in [0, 0.05) is 7.05 Å². The Morgan fingerprint density at radius 2 is 2.11 bits per heavy atom. The number of nitrogens with zero attached hydrogens (tertiary/aromatic N) is 2. The number of thiazole rings is 1. The molecule has 2 rings (SSSR count). The van der Waals surface area contributed by atoms with Gasteiger partial charge in [0.05, 0.1) is 12.7 Å². The zero-order chi connectivity index (χ0) is 13.3. The van der Waals surface area contributed by atoms with Crippen LogP contribution in [0, 0.1) is 6.92 Å². The summed E-state index contributed by atoms with van der Waals surface area (Å²) in [5.41, 5.74) is 0. The van der Waals surface area contributed by atoms with Gasteiger partial charge in [-0.3, -0.25) is 0 Å². The average Bonchev–Trinajstić information content (AvgIpc) is 2.85. The molecular formula is C11H11F3N2OS. The highest BCUT2D eigenvalue weighted by atomic mass is 32.1. The van der Waals surface area contributed by atoms with Crippen molar-refractivity contribution in [1.82, 2.24) is 4.98 Å². The minimum Gasteiger partial charge on any atom is -0.464 e. The fraction of sp³-hybridized carbons (Fsp3) is 0.364. The number of halogens is 3. The molecule has 0 fully saturated rings. The topological polar surface area (TPSA) is 29.3 Å². The van der Waals surface area contributed by atoms with Crippen molar-refractivity contribution >= 4 is 16.5 Å². The number of furan rings is 1. The van der Waals surface area contributed by atoms with Crippen LogP contribution in [0.15, 0.2) is 22.7 Å². The lowest BCUT2D eigenvalue weighted by Gasteiger charge is -2.13. The molecule has 0 bridgehead atoms. The summed E-state index contributed by atoms with van der Waals surface area (Å²) in [5.74, 6) is 1.47. The Kier molecular flexibility index (Phi) is 3.34. The van der Waals surface area contributed by atoms with E-state index in [4.69, 9.17) is 4.42 Å². The third kappa shape index (κ3) is 2.84. The van der Waals surface area contributed by atoms with Crippen molar-refractivity contribution in [2.24, 2.45) is 0 Å². The number of aromatic nitrogens is 1. The molecule has 18 heavy (non-hydrogen) atoms. The molecular weight excluding hydrogens is 265 g/mol. The third-order valence-electron chi connectivity index (χ3n) is 2.29. The summed E-state index contributed by atoms with van der Waals surface area (Å²) < 4.78 is 42.6.